The van der Waals surface area contributed by atoms with E-state index >= 15 is 0 Å². The average molecular weight is 264 g/mol. The molecular weight excluding hydrogens is 243 g/mol. The number of hydrogen-bond acceptors (Lipinski definition) is 2. The molecule has 2 rings (SSSR count). The fourth-order valence-corrected chi connectivity index (χ4v) is 2.82. The van der Waals surface area contributed by atoms with Crippen LogP contribution in [0.15, 0.2) is 18.2 Å². The van der Waals surface area contributed by atoms with Gasteiger partial charge >= 0.3 is 0 Å². The lowest BCUT2D eigenvalue weighted by atomic mass is 9.86. The molecule has 1 aromatic carbocycles. The van der Waals surface area contributed by atoms with Gasteiger partial charge in [0.15, 0.2) is 0 Å². The molecule has 1 amide bonds. The number of hydrogen-bond donors (Lipinski definition) is 2. The van der Waals surface area contributed by atoms with Crippen molar-refractivity contribution in [3.05, 3.63) is 35.1 Å². The number of carbonyl (C=O) groups excluding carboxylic acids is 1. The summed E-state index contributed by atoms with van der Waals surface area (Å²) in [5.74, 6) is -0.595. The highest BCUT2D eigenvalue weighted by Gasteiger charge is 2.32. The molecule has 0 saturated heterocycles. The maximum absolute atomic E-state index is 13.3. The van der Waals surface area contributed by atoms with E-state index in [0.717, 1.165) is 18.4 Å². The monoisotopic (exact) mass is 264 g/mol. The molecule has 0 aliphatic heterocycles. The molecule has 0 bridgehead atoms. The molecule has 3 N–H and O–H groups in total. The molecule has 0 radical (unpaired) electrons. The van der Waals surface area contributed by atoms with Crippen LogP contribution >= 0.6 is 0 Å². The Morgan fingerprint density at radius 3 is 2.63 bits per heavy atom. The third-order valence-corrected chi connectivity index (χ3v) is 4.03. The van der Waals surface area contributed by atoms with Gasteiger partial charge < -0.3 is 11.1 Å². The lowest BCUT2D eigenvalue weighted by molar-refractivity contribution is 0.0931. The van der Waals surface area contributed by atoms with E-state index in [0.29, 0.717) is 18.7 Å². The molecule has 0 aromatic heterocycles. The molecule has 0 atom stereocenters. The molecule has 1 aliphatic carbocycles. The Morgan fingerprint density at radius 1 is 1.37 bits per heavy atom. The van der Waals surface area contributed by atoms with Gasteiger partial charge in [-0.1, -0.05) is 12.8 Å². The number of rotatable bonds is 4. The number of aryl methyl sites for hydroxylation is 1. The quantitative estimate of drug-likeness (QED) is 0.877. The van der Waals surface area contributed by atoms with Crippen molar-refractivity contribution in [3.8, 4) is 0 Å². The highest BCUT2D eigenvalue weighted by atomic mass is 19.1. The van der Waals surface area contributed by atoms with Crippen LogP contribution in [0.5, 0.6) is 0 Å². The second-order valence-corrected chi connectivity index (χ2v) is 5.61. The summed E-state index contributed by atoms with van der Waals surface area (Å²) in [6.45, 7) is 2.95. The zero-order chi connectivity index (χ0) is 13.9. The molecule has 1 saturated carbocycles. The zero-order valence-corrected chi connectivity index (χ0v) is 11.3. The van der Waals surface area contributed by atoms with Crippen molar-refractivity contribution in [2.75, 3.05) is 13.1 Å². The smallest absolute Gasteiger partial charge is 0.251 e. The second-order valence-electron chi connectivity index (χ2n) is 5.61. The van der Waals surface area contributed by atoms with Gasteiger partial charge in [0.1, 0.15) is 5.82 Å². The van der Waals surface area contributed by atoms with E-state index in [2.05, 4.69) is 5.32 Å². The number of halogens is 1. The Bertz CT molecular complexity index is 447. The summed E-state index contributed by atoms with van der Waals surface area (Å²) < 4.78 is 13.3. The first-order valence-corrected chi connectivity index (χ1v) is 6.80. The predicted octanol–water partition coefficient (Wildman–Crippen LogP) is 2.38. The molecule has 1 aliphatic rings. The van der Waals surface area contributed by atoms with Crippen LogP contribution in [-0.2, 0) is 0 Å². The van der Waals surface area contributed by atoms with Gasteiger partial charge in [0.25, 0.3) is 5.91 Å². The summed E-state index contributed by atoms with van der Waals surface area (Å²) >= 11 is 0. The van der Waals surface area contributed by atoms with E-state index in [1.807, 2.05) is 0 Å². The lowest BCUT2D eigenvalue weighted by Gasteiger charge is -2.27. The first-order valence-electron chi connectivity index (χ1n) is 6.80. The van der Waals surface area contributed by atoms with Crippen molar-refractivity contribution in [3.63, 3.8) is 0 Å². The van der Waals surface area contributed by atoms with Crippen LogP contribution in [0.25, 0.3) is 0 Å². The molecule has 104 valence electrons. The summed E-state index contributed by atoms with van der Waals surface area (Å²) in [5, 5.41) is 2.90. The summed E-state index contributed by atoms with van der Waals surface area (Å²) in [7, 11) is 0. The van der Waals surface area contributed by atoms with Crippen LogP contribution in [-0.4, -0.2) is 19.0 Å². The fourth-order valence-electron chi connectivity index (χ4n) is 2.82. The minimum absolute atomic E-state index is 0.0397. The minimum Gasteiger partial charge on any atom is -0.351 e. The second kappa shape index (κ2) is 5.70. The van der Waals surface area contributed by atoms with Crippen LogP contribution in [0, 0.1) is 18.2 Å². The van der Waals surface area contributed by atoms with E-state index in [1.54, 1.807) is 13.0 Å². The Kier molecular flexibility index (Phi) is 4.20. The highest BCUT2D eigenvalue weighted by Crippen LogP contribution is 2.36. The van der Waals surface area contributed by atoms with Gasteiger partial charge in [0, 0.05) is 12.1 Å². The number of carbonyl (C=O) groups is 1. The molecule has 0 heterocycles. The van der Waals surface area contributed by atoms with Crippen molar-refractivity contribution >= 4 is 5.91 Å². The van der Waals surface area contributed by atoms with Gasteiger partial charge in [0.05, 0.1) is 0 Å². The molecule has 0 spiro atoms. The zero-order valence-electron chi connectivity index (χ0n) is 11.3. The third-order valence-electron chi connectivity index (χ3n) is 4.03. The highest BCUT2D eigenvalue weighted by molar-refractivity contribution is 5.94. The van der Waals surface area contributed by atoms with E-state index < -0.39 is 0 Å². The first-order chi connectivity index (χ1) is 9.04. The van der Waals surface area contributed by atoms with E-state index in [-0.39, 0.29) is 17.1 Å². The standard InChI is InChI=1S/C15H21FN2O/c1-11-6-12(8-13(16)7-11)14(19)18-10-15(9-17)4-2-3-5-15/h6-8H,2-5,9-10,17H2,1H3,(H,18,19). The van der Waals surface area contributed by atoms with Crippen LogP contribution in [0.2, 0.25) is 0 Å². The third kappa shape index (κ3) is 3.32. The largest absolute Gasteiger partial charge is 0.351 e. The maximum Gasteiger partial charge on any atom is 0.251 e. The SMILES string of the molecule is Cc1cc(F)cc(C(=O)NCC2(CN)CCCC2)c1. The van der Waals surface area contributed by atoms with Gasteiger partial charge in [-0.2, -0.15) is 0 Å². The van der Waals surface area contributed by atoms with Gasteiger partial charge in [-0.3, -0.25) is 4.79 Å². The normalized spacial score (nSPS) is 17.4. The molecule has 1 fully saturated rings. The van der Waals surface area contributed by atoms with Crippen molar-refractivity contribution < 1.29 is 9.18 Å². The summed E-state index contributed by atoms with van der Waals surface area (Å²) in [5.41, 5.74) is 7.00. The van der Waals surface area contributed by atoms with Crippen LogP contribution < -0.4 is 11.1 Å². The van der Waals surface area contributed by atoms with Gasteiger partial charge in [0.2, 0.25) is 0 Å². The van der Waals surface area contributed by atoms with Gasteiger partial charge in [-0.05, 0) is 55.5 Å². The summed E-state index contributed by atoms with van der Waals surface area (Å²) in [6, 6.07) is 4.38. The Balaban J connectivity index is 2.01. The maximum atomic E-state index is 13.3. The number of amides is 1. The fraction of sp³-hybridized carbons (Fsp3) is 0.533. The Morgan fingerprint density at radius 2 is 2.05 bits per heavy atom. The predicted molar refractivity (Wildman–Crippen MR) is 73.4 cm³/mol. The van der Waals surface area contributed by atoms with Crippen LogP contribution in [0.1, 0.15) is 41.6 Å². The number of benzene rings is 1. The van der Waals surface area contributed by atoms with E-state index in [9.17, 15) is 9.18 Å². The van der Waals surface area contributed by atoms with Crippen molar-refractivity contribution in [1.29, 1.82) is 0 Å². The van der Waals surface area contributed by atoms with Crippen LogP contribution in [0.3, 0.4) is 0 Å². The van der Waals surface area contributed by atoms with Gasteiger partial charge in [-0.25, -0.2) is 4.39 Å². The topological polar surface area (TPSA) is 55.1 Å². The lowest BCUT2D eigenvalue weighted by Crippen LogP contribution is -2.40. The van der Waals surface area contributed by atoms with E-state index in [1.165, 1.54) is 25.0 Å². The Labute approximate surface area is 113 Å². The summed E-state index contributed by atoms with van der Waals surface area (Å²) in [4.78, 5) is 12.0. The number of nitrogens with one attached hydrogen (secondary N) is 1. The van der Waals surface area contributed by atoms with Gasteiger partial charge in [-0.15, -0.1) is 0 Å². The summed E-state index contributed by atoms with van der Waals surface area (Å²) in [6.07, 6.45) is 4.47. The van der Waals surface area contributed by atoms with Crippen molar-refractivity contribution in [1.82, 2.24) is 5.32 Å². The molecule has 3 nitrogen and oxygen atoms in total. The molecular formula is C15H21FN2O. The van der Waals surface area contributed by atoms with E-state index in [4.69, 9.17) is 5.73 Å². The first kappa shape index (κ1) is 14.0. The molecule has 4 heteroatoms. The molecule has 0 unspecified atom stereocenters. The number of nitrogens with two attached hydrogens (primary N) is 1. The Hall–Kier alpha value is -1.42. The van der Waals surface area contributed by atoms with Crippen LogP contribution in [0.4, 0.5) is 4.39 Å². The molecule has 1 aromatic rings. The van der Waals surface area contributed by atoms with Crippen molar-refractivity contribution in [2.24, 2.45) is 11.1 Å². The minimum atomic E-state index is -0.375. The average Bonchev–Trinajstić information content (AvgIpc) is 2.84. The van der Waals surface area contributed by atoms with Crippen molar-refractivity contribution in [2.45, 2.75) is 32.6 Å². The molecule has 19 heavy (non-hydrogen) atoms.